The van der Waals surface area contributed by atoms with Crippen LogP contribution in [0.15, 0.2) is 49.1 Å². The molecule has 29 heavy (non-hydrogen) atoms. The third-order valence-corrected chi connectivity index (χ3v) is 4.26. The van der Waals surface area contributed by atoms with Crippen LogP contribution in [0.2, 0.25) is 5.02 Å². The van der Waals surface area contributed by atoms with E-state index < -0.39 is 0 Å². The van der Waals surface area contributed by atoms with Gasteiger partial charge in [-0.2, -0.15) is 0 Å². The van der Waals surface area contributed by atoms with Crippen LogP contribution in [0.4, 0.5) is 10.3 Å². The van der Waals surface area contributed by atoms with Crippen molar-refractivity contribution in [3.63, 3.8) is 0 Å². The van der Waals surface area contributed by atoms with Crippen molar-refractivity contribution in [3.8, 4) is 11.5 Å². The quantitative estimate of drug-likeness (QED) is 0.497. The Bertz CT molecular complexity index is 979. The number of ether oxygens (including phenoxy) is 2. The summed E-state index contributed by atoms with van der Waals surface area (Å²) < 4.78 is 26.9. The highest BCUT2D eigenvalue weighted by molar-refractivity contribution is 6.32. The van der Waals surface area contributed by atoms with Gasteiger partial charge in [0.1, 0.15) is 12.4 Å². The number of allylic oxidation sites excluding steroid dienone is 1. The minimum atomic E-state index is -0.334. The highest BCUT2D eigenvalue weighted by atomic mass is 35.5. The molecule has 152 valence electrons. The van der Waals surface area contributed by atoms with E-state index in [0.717, 1.165) is 5.56 Å². The van der Waals surface area contributed by atoms with Crippen molar-refractivity contribution in [1.29, 1.82) is 0 Å². The summed E-state index contributed by atoms with van der Waals surface area (Å²) in [7, 11) is 0. The molecule has 0 radical (unpaired) electrons. The van der Waals surface area contributed by atoms with Crippen LogP contribution < -0.4 is 14.8 Å². The largest absolute Gasteiger partial charge is 0.490 e. The fourth-order valence-electron chi connectivity index (χ4n) is 2.65. The van der Waals surface area contributed by atoms with E-state index in [2.05, 4.69) is 27.4 Å². The van der Waals surface area contributed by atoms with Gasteiger partial charge in [-0.25, -0.2) is 9.07 Å². The van der Waals surface area contributed by atoms with Crippen molar-refractivity contribution in [2.24, 2.45) is 0 Å². The molecular weight excluding hydrogens is 397 g/mol. The highest BCUT2D eigenvalue weighted by Gasteiger charge is 2.14. The number of halogens is 2. The maximum absolute atomic E-state index is 13.9. The second-order valence-electron chi connectivity index (χ2n) is 6.04. The molecule has 1 aromatic heterocycles. The van der Waals surface area contributed by atoms with E-state index in [9.17, 15) is 4.39 Å². The lowest BCUT2D eigenvalue weighted by Gasteiger charge is -2.16. The van der Waals surface area contributed by atoms with Gasteiger partial charge in [-0.15, -0.1) is 6.58 Å². The number of anilines is 1. The van der Waals surface area contributed by atoms with Crippen LogP contribution in [0.3, 0.4) is 0 Å². The van der Waals surface area contributed by atoms with Gasteiger partial charge in [0.05, 0.1) is 18.2 Å². The van der Waals surface area contributed by atoms with Gasteiger partial charge in [-0.3, -0.25) is 0 Å². The predicted octanol–water partition coefficient (Wildman–Crippen LogP) is 4.24. The first-order valence-corrected chi connectivity index (χ1v) is 9.42. The molecular formula is C20H21ClFN5O2. The number of nitrogens with zero attached hydrogens (tertiary/aromatic N) is 4. The summed E-state index contributed by atoms with van der Waals surface area (Å²) in [5.74, 6) is 1.04. The fourth-order valence-corrected chi connectivity index (χ4v) is 2.94. The summed E-state index contributed by atoms with van der Waals surface area (Å²) >= 11 is 6.43. The van der Waals surface area contributed by atoms with E-state index in [-0.39, 0.29) is 12.4 Å². The van der Waals surface area contributed by atoms with Crippen molar-refractivity contribution in [2.45, 2.75) is 26.6 Å². The molecule has 0 amide bonds. The van der Waals surface area contributed by atoms with E-state index in [1.54, 1.807) is 35.0 Å². The van der Waals surface area contributed by atoms with Crippen LogP contribution in [-0.2, 0) is 19.7 Å². The molecule has 2 aromatic carbocycles. The van der Waals surface area contributed by atoms with Crippen molar-refractivity contribution in [3.05, 3.63) is 71.0 Å². The standard InChI is InChI=1S/C20H21ClFN5O2/c1-3-9-27-20(24-25-26-27)23-12-14-10-16(21)19(18(11-14)28-4-2)29-13-15-7-5-6-8-17(15)22/h3,5-8,10-11H,1,4,9,12-13H2,2H3,(H,23,24,26). The maximum atomic E-state index is 13.9. The fraction of sp³-hybridized carbons (Fsp3) is 0.250. The van der Waals surface area contributed by atoms with E-state index in [4.69, 9.17) is 21.1 Å². The predicted molar refractivity (Wildman–Crippen MR) is 109 cm³/mol. The Labute approximate surface area is 173 Å². The SMILES string of the molecule is C=CCn1nnnc1NCc1cc(Cl)c(OCc2ccccc2F)c(OCC)c1. The van der Waals surface area contributed by atoms with Gasteiger partial charge in [0, 0.05) is 12.1 Å². The van der Waals surface area contributed by atoms with Gasteiger partial charge in [-0.1, -0.05) is 41.0 Å². The Hall–Kier alpha value is -3.13. The van der Waals surface area contributed by atoms with Gasteiger partial charge < -0.3 is 14.8 Å². The van der Waals surface area contributed by atoms with Crippen LogP contribution in [0.25, 0.3) is 0 Å². The molecule has 0 fully saturated rings. The molecule has 0 spiro atoms. The molecule has 9 heteroatoms. The second kappa shape index (κ2) is 9.88. The molecule has 0 bridgehead atoms. The zero-order valence-corrected chi connectivity index (χ0v) is 16.7. The van der Waals surface area contributed by atoms with E-state index >= 15 is 0 Å². The van der Waals surface area contributed by atoms with Gasteiger partial charge in [0.2, 0.25) is 5.95 Å². The molecule has 0 aliphatic heterocycles. The van der Waals surface area contributed by atoms with Crippen molar-refractivity contribution >= 4 is 17.5 Å². The van der Waals surface area contributed by atoms with Crippen LogP contribution in [0.1, 0.15) is 18.1 Å². The minimum Gasteiger partial charge on any atom is -0.490 e. The molecule has 3 rings (SSSR count). The molecule has 0 atom stereocenters. The van der Waals surface area contributed by atoms with Gasteiger partial charge in [-0.05, 0) is 41.1 Å². The normalized spacial score (nSPS) is 10.6. The molecule has 0 saturated carbocycles. The Morgan fingerprint density at radius 2 is 2.10 bits per heavy atom. The smallest absolute Gasteiger partial charge is 0.243 e. The van der Waals surface area contributed by atoms with Crippen LogP contribution in [0, 0.1) is 5.82 Å². The number of nitrogens with one attached hydrogen (secondary N) is 1. The summed E-state index contributed by atoms with van der Waals surface area (Å²) in [6.07, 6.45) is 1.70. The Morgan fingerprint density at radius 3 is 2.86 bits per heavy atom. The summed E-state index contributed by atoms with van der Waals surface area (Å²) in [4.78, 5) is 0. The summed E-state index contributed by atoms with van der Waals surface area (Å²) in [6, 6.07) is 10.0. The van der Waals surface area contributed by atoms with Gasteiger partial charge in [0.15, 0.2) is 11.5 Å². The number of aromatic nitrogens is 4. The topological polar surface area (TPSA) is 74.1 Å². The zero-order valence-electron chi connectivity index (χ0n) is 15.9. The lowest BCUT2D eigenvalue weighted by molar-refractivity contribution is 0.266. The average Bonchev–Trinajstić information content (AvgIpc) is 3.15. The Balaban J connectivity index is 1.76. The third-order valence-electron chi connectivity index (χ3n) is 3.98. The molecule has 0 saturated heterocycles. The van der Waals surface area contributed by atoms with E-state index in [1.165, 1.54) is 6.07 Å². The number of benzene rings is 2. The molecule has 0 unspecified atom stereocenters. The minimum absolute atomic E-state index is 0.0421. The van der Waals surface area contributed by atoms with Crippen molar-refractivity contribution in [2.75, 3.05) is 11.9 Å². The second-order valence-corrected chi connectivity index (χ2v) is 6.45. The third kappa shape index (κ3) is 5.23. The molecule has 1 heterocycles. The van der Waals surface area contributed by atoms with Crippen molar-refractivity contribution in [1.82, 2.24) is 20.2 Å². The van der Waals surface area contributed by atoms with E-state index in [0.29, 0.717) is 47.7 Å². The molecule has 7 nitrogen and oxygen atoms in total. The molecule has 0 aliphatic carbocycles. The van der Waals surface area contributed by atoms with Gasteiger partial charge in [0.25, 0.3) is 0 Å². The highest BCUT2D eigenvalue weighted by Crippen LogP contribution is 2.37. The molecule has 3 aromatic rings. The Kier molecular flexibility index (Phi) is 7.02. The first-order chi connectivity index (χ1) is 14.1. The summed E-state index contributed by atoms with van der Waals surface area (Å²) in [5.41, 5.74) is 1.29. The molecule has 0 aliphatic rings. The number of tetrazole rings is 1. The van der Waals surface area contributed by atoms with Crippen LogP contribution in [0.5, 0.6) is 11.5 Å². The Morgan fingerprint density at radius 1 is 1.28 bits per heavy atom. The number of rotatable bonds is 10. The lowest BCUT2D eigenvalue weighted by Crippen LogP contribution is -2.09. The molecule has 1 N–H and O–H groups in total. The van der Waals surface area contributed by atoms with Crippen LogP contribution >= 0.6 is 11.6 Å². The van der Waals surface area contributed by atoms with E-state index in [1.807, 2.05) is 13.0 Å². The lowest BCUT2D eigenvalue weighted by atomic mass is 10.2. The van der Waals surface area contributed by atoms with Gasteiger partial charge >= 0.3 is 0 Å². The number of hydrogen-bond acceptors (Lipinski definition) is 6. The first-order valence-electron chi connectivity index (χ1n) is 9.04. The average molecular weight is 418 g/mol. The number of hydrogen-bond donors (Lipinski definition) is 1. The van der Waals surface area contributed by atoms with Crippen molar-refractivity contribution < 1.29 is 13.9 Å². The summed E-state index contributed by atoms with van der Waals surface area (Å²) in [5, 5.41) is 15.0. The monoisotopic (exact) mass is 417 g/mol. The first kappa shape index (κ1) is 20.6. The maximum Gasteiger partial charge on any atom is 0.243 e. The summed E-state index contributed by atoms with van der Waals surface area (Å²) in [6.45, 7) is 6.93. The zero-order chi connectivity index (χ0) is 20.6. The van der Waals surface area contributed by atoms with Crippen LogP contribution in [-0.4, -0.2) is 26.8 Å².